The van der Waals surface area contributed by atoms with Crippen LogP contribution in [0.25, 0.3) is 10.7 Å². The van der Waals surface area contributed by atoms with Gasteiger partial charge in [0.05, 0.1) is 18.4 Å². The molecule has 10 nitrogen and oxygen atoms in total. The lowest BCUT2D eigenvalue weighted by atomic mass is 9.96. The lowest BCUT2D eigenvalue weighted by molar-refractivity contribution is -0.308. The Labute approximate surface area is 247 Å². The first kappa shape index (κ1) is 27.5. The zero-order chi connectivity index (χ0) is 27.6. The summed E-state index contributed by atoms with van der Waals surface area (Å²) in [6.45, 7) is 0.309. The molecule has 2 fully saturated rings. The SMILES string of the molecule is CNC(=O)c1ccc(Br)cc1S[C@H]1OC2COC(c3ccccc3)O[C@@H]2C(n2cc(-c3nccs3)nn2)[C@@H]1OC. The summed E-state index contributed by atoms with van der Waals surface area (Å²) in [5.41, 5.74) is 1.61. The fourth-order valence-corrected chi connectivity index (χ4v) is 7.34. The Morgan fingerprint density at radius 3 is 2.83 bits per heavy atom. The van der Waals surface area contributed by atoms with E-state index >= 15 is 0 Å². The van der Waals surface area contributed by atoms with E-state index in [4.69, 9.17) is 18.9 Å². The van der Waals surface area contributed by atoms with E-state index in [9.17, 15) is 4.79 Å². The molecule has 2 aliphatic rings. The number of fused-ring (bicyclic) bond motifs is 1. The molecule has 4 heterocycles. The Balaban J connectivity index is 1.37. The molecule has 6 rings (SSSR count). The normalized spacial score (nSPS) is 26.3. The number of rotatable bonds is 7. The quantitative estimate of drug-likeness (QED) is 0.306. The van der Waals surface area contributed by atoms with Crippen LogP contribution in [0.3, 0.4) is 0 Å². The summed E-state index contributed by atoms with van der Waals surface area (Å²) >= 11 is 6.44. The summed E-state index contributed by atoms with van der Waals surface area (Å²) in [6.07, 6.45) is 1.66. The van der Waals surface area contributed by atoms with Crippen molar-refractivity contribution < 1.29 is 23.7 Å². The third-order valence-corrected chi connectivity index (χ3v) is 9.27. The Kier molecular flexibility index (Phi) is 8.30. The Morgan fingerprint density at radius 1 is 1.23 bits per heavy atom. The van der Waals surface area contributed by atoms with Gasteiger partial charge < -0.3 is 24.3 Å². The number of aromatic nitrogens is 4. The van der Waals surface area contributed by atoms with Gasteiger partial charge >= 0.3 is 0 Å². The van der Waals surface area contributed by atoms with Crippen LogP contribution >= 0.6 is 39.0 Å². The van der Waals surface area contributed by atoms with Crippen molar-refractivity contribution in [3.8, 4) is 10.7 Å². The number of nitrogens with one attached hydrogen (secondary N) is 1. The van der Waals surface area contributed by atoms with Crippen LogP contribution < -0.4 is 5.32 Å². The average molecular weight is 645 g/mol. The maximum absolute atomic E-state index is 12.7. The first-order chi connectivity index (χ1) is 19.6. The molecule has 2 saturated heterocycles. The van der Waals surface area contributed by atoms with E-state index in [0.717, 1.165) is 19.9 Å². The molecule has 6 atom stereocenters. The smallest absolute Gasteiger partial charge is 0.252 e. The topological polar surface area (TPSA) is 110 Å². The van der Waals surface area contributed by atoms with E-state index in [1.54, 1.807) is 31.1 Å². The number of ether oxygens (including phenoxy) is 4. The standard InChI is InChI=1S/C27H26BrN5O5S2/c1-29-24(34)17-9-8-16(28)12-20(17)40-27-23(35-2)21(33-13-18(31-32-33)25-30-10-11-39-25)22-19(37-27)14-36-26(38-22)15-6-4-3-5-7-15/h3-13,19,21-23,26-27H,14H2,1-2H3,(H,29,34)/t19?,21?,22-,23-,26?,27+/m0/s1. The average Bonchev–Trinajstić information content (AvgIpc) is 3.69. The second kappa shape index (κ2) is 12.1. The van der Waals surface area contributed by atoms with Crippen molar-refractivity contribution in [3.63, 3.8) is 0 Å². The molecule has 2 aromatic heterocycles. The van der Waals surface area contributed by atoms with E-state index in [1.165, 1.54) is 23.1 Å². The van der Waals surface area contributed by atoms with Crippen LogP contribution in [0.15, 0.2) is 75.7 Å². The van der Waals surface area contributed by atoms with Gasteiger partial charge in [0.15, 0.2) is 6.29 Å². The van der Waals surface area contributed by atoms with Gasteiger partial charge in [-0.15, -0.1) is 16.4 Å². The molecule has 2 aromatic carbocycles. The van der Waals surface area contributed by atoms with Gasteiger partial charge in [-0.25, -0.2) is 9.67 Å². The summed E-state index contributed by atoms with van der Waals surface area (Å²) in [4.78, 5) is 17.8. The van der Waals surface area contributed by atoms with Gasteiger partial charge in [0.2, 0.25) is 0 Å². The monoisotopic (exact) mass is 643 g/mol. The molecule has 0 aliphatic carbocycles. The largest absolute Gasteiger partial charge is 0.375 e. The van der Waals surface area contributed by atoms with Crippen LogP contribution in [0.1, 0.15) is 28.3 Å². The Hall–Kier alpha value is -2.65. The number of nitrogens with zero attached hydrogens (tertiary/aromatic N) is 4. The van der Waals surface area contributed by atoms with Crippen molar-refractivity contribution in [3.05, 3.63) is 81.9 Å². The Bertz CT molecular complexity index is 1460. The minimum Gasteiger partial charge on any atom is -0.375 e. The summed E-state index contributed by atoms with van der Waals surface area (Å²) in [6, 6.07) is 14.9. The first-order valence-corrected chi connectivity index (χ1v) is 15.1. The minimum absolute atomic E-state index is 0.186. The van der Waals surface area contributed by atoms with Crippen LogP contribution in [0.5, 0.6) is 0 Å². The third-order valence-electron chi connectivity index (χ3n) is 6.78. The van der Waals surface area contributed by atoms with E-state index in [0.29, 0.717) is 17.9 Å². The molecule has 3 unspecified atom stereocenters. The lowest BCUT2D eigenvalue weighted by Gasteiger charge is -2.48. The van der Waals surface area contributed by atoms with Gasteiger partial charge in [0, 0.05) is 40.7 Å². The number of hydrogen-bond acceptors (Lipinski definition) is 10. The first-order valence-electron chi connectivity index (χ1n) is 12.6. The highest BCUT2D eigenvalue weighted by Crippen LogP contribution is 2.45. The number of carbonyl (C=O) groups excluding carboxylic acids is 1. The molecule has 1 N–H and O–H groups in total. The second-order valence-electron chi connectivity index (χ2n) is 9.17. The van der Waals surface area contributed by atoms with Crippen molar-refractivity contribution in [2.45, 2.75) is 41.0 Å². The van der Waals surface area contributed by atoms with Crippen LogP contribution in [0.2, 0.25) is 0 Å². The predicted octanol–water partition coefficient (Wildman–Crippen LogP) is 4.71. The number of thiazole rings is 1. The van der Waals surface area contributed by atoms with Crippen molar-refractivity contribution >= 4 is 44.9 Å². The van der Waals surface area contributed by atoms with Crippen molar-refractivity contribution in [1.29, 1.82) is 0 Å². The van der Waals surface area contributed by atoms with Gasteiger partial charge in [-0.1, -0.05) is 63.2 Å². The summed E-state index contributed by atoms with van der Waals surface area (Å²) in [5, 5.41) is 14.3. The number of carbonyl (C=O) groups is 1. The highest BCUT2D eigenvalue weighted by atomic mass is 79.9. The summed E-state index contributed by atoms with van der Waals surface area (Å²) < 4.78 is 28.0. The van der Waals surface area contributed by atoms with Crippen molar-refractivity contribution in [2.75, 3.05) is 20.8 Å². The number of methoxy groups -OCH3 is 1. The number of benzene rings is 2. The van der Waals surface area contributed by atoms with Crippen LogP contribution in [0.4, 0.5) is 0 Å². The highest BCUT2D eigenvalue weighted by molar-refractivity contribution is 9.10. The minimum atomic E-state index is -0.567. The molecule has 0 bridgehead atoms. The summed E-state index contributed by atoms with van der Waals surface area (Å²) in [7, 11) is 3.25. The molecule has 208 valence electrons. The number of hydrogen-bond donors (Lipinski definition) is 1. The van der Waals surface area contributed by atoms with Gasteiger partial charge in [-0.05, 0) is 18.2 Å². The number of halogens is 1. The van der Waals surface area contributed by atoms with Gasteiger partial charge in [-0.3, -0.25) is 4.79 Å². The molecule has 4 aromatic rings. The molecule has 13 heteroatoms. The molecule has 0 saturated carbocycles. The van der Waals surface area contributed by atoms with Crippen LogP contribution in [-0.2, 0) is 18.9 Å². The summed E-state index contributed by atoms with van der Waals surface area (Å²) in [5.74, 6) is -0.186. The zero-order valence-corrected chi connectivity index (χ0v) is 24.8. The second-order valence-corrected chi connectivity index (χ2v) is 12.1. The van der Waals surface area contributed by atoms with Gasteiger partial charge in [0.25, 0.3) is 5.91 Å². The van der Waals surface area contributed by atoms with Crippen LogP contribution in [0, 0.1) is 0 Å². The van der Waals surface area contributed by atoms with E-state index in [-0.39, 0.29) is 5.91 Å². The maximum atomic E-state index is 12.7. The molecular weight excluding hydrogens is 618 g/mol. The van der Waals surface area contributed by atoms with Crippen molar-refractivity contribution in [1.82, 2.24) is 25.3 Å². The fraction of sp³-hybridized carbons (Fsp3) is 0.333. The lowest BCUT2D eigenvalue weighted by Crippen LogP contribution is -2.59. The number of thioether (sulfide) groups is 1. The maximum Gasteiger partial charge on any atom is 0.252 e. The highest BCUT2D eigenvalue weighted by Gasteiger charge is 2.52. The predicted molar refractivity (Wildman–Crippen MR) is 153 cm³/mol. The van der Waals surface area contributed by atoms with Gasteiger partial charge in [-0.2, -0.15) is 0 Å². The molecular formula is C27H26BrN5O5S2. The number of amides is 1. The third kappa shape index (κ3) is 5.47. The molecule has 0 spiro atoms. The van der Waals surface area contributed by atoms with E-state index in [1.807, 2.05) is 54.0 Å². The van der Waals surface area contributed by atoms with Gasteiger partial charge in [0.1, 0.15) is 40.5 Å². The molecule has 40 heavy (non-hydrogen) atoms. The fourth-order valence-electron chi connectivity index (χ4n) is 4.90. The Morgan fingerprint density at radius 2 is 2.08 bits per heavy atom. The molecule has 0 radical (unpaired) electrons. The van der Waals surface area contributed by atoms with Crippen molar-refractivity contribution in [2.24, 2.45) is 0 Å². The zero-order valence-electron chi connectivity index (χ0n) is 21.5. The molecule has 2 aliphatic heterocycles. The molecule has 1 amide bonds. The van der Waals surface area contributed by atoms with E-state index in [2.05, 4.69) is 36.5 Å². The van der Waals surface area contributed by atoms with Crippen LogP contribution in [-0.4, -0.2) is 70.4 Å². The van der Waals surface area contributed by atoms with E-state index < -0.39 is 36.1 Å².